The molecule has 4 aliphatic rings. The van der Waals surface area contributed by atoms with Crippen LogP contribution in [0, 0.1) is 0 Å². The molecule has 1 fully saturated rings. The topological polar surface area (TPSA) is 6.48 Å². The number of hydrogen-bond acceptors (Lipinski definition) is 4. The van der Waals surface area contributed by atoms with Crippen molar-refractivity contribution in [3.8, 4) is 0 Å². The number of benzene rings is 2. The number of fused-ring (bicyclic) bond motifs is 4. The van der Waals surface area contributed by atoms with Gasteiger partial charge in [-0.3, -0.25) is 0 Å². The standard InChI is InChI=1S/C37H40F6N2S2/c1-9-44(10-2)25-17-13-23(14-18-25)31-21(5)27-29-30(36(40,41)37(42,43)35(29,38)39)28-22(6)32(47-34(28,8)33(27,7)46-31)24-15-19-26(20-16-24)45(11-3)12-4/h13-20H,9-12H2,1-8H3. The second-order valence-electron chi connectivity index (χ2n) is 12.8. The highest BCUT2D eigenvalue weighted by molar-refractivity contribution is 8.14. The maximum Gasteiger partial charge on any atom is 0.380 e. The van der Waals surface area contributed by atoms with Crippen LogP contribution in [-0.4, -0.2) is 53.4 Å². The average Bonchev–Trinajstić information content (AvgIpc) is 3.51. The van der Waals surface area contributed by atoms with Gasteiger partial charge in [-0.25, -0.2) is 0 Å². The van der Waals surface area contributed by atoms with Gasteiger partial charge < -0.3 is 9.80 Å². The summed E-state index contributed by atoms with van der Waals surface area (Å²) in [6.07, 6.45) is 0. The minimum Gasteiger partial charge on any atom is -0.372 e. The second kappa shape index (κ2) is 11.2. The highest BCUT2D eigenvalue weighted by Crippen LogP contribution is 2.77. The van der Waals surface area contributed by atoms with E-state index in [0.717, 1.165) is 48.7 Å². The highest BCUT2D eigenvalue weighted by atomic mass is 32.2. The molecular weight excluding hydrogens is 651 g/mol. The SMILES string of the molecule is CCN(CC)c1ccc(C2=C(C)C3=C4C(=C5C(C)=C(c6ccc(N(CC)CC)cc6)SC5(C)C3(C)S2)C(F)(F)C(F)(F)C4(F)F)cc1. The van der Waals surface area contributed by atoms with Gasteiger partial charge in [-0.05, 0) is 113 Å². The number of thioether (sulfide) groups is 2. The van der Waals surface area contributed by atoms with Gasteiger partial charge in [0.1, 0.15) is 0 Å². The van der Waals surface area contributed by atoms with Crippen molar-refractivity contribution in [1.29, 1.82) is 0 Å². The van der Waals surface area contributed by atoms with Crippen LogP contribution in [0.1, 0.15) is 66.5 Å². The number of halogens is 6. The van der Waals surface area contributed by atoms with Crippen LogP contribution < -0.4 is 9.80 Å². The lowest BCUT2D eigenvalue weighted by Crippen LogP contribution is -2.49. The van der Waals surface area contributed by atoms with Crippen LogP contribution in [0.25, 0.3) is 9.81 Å². The van der Waals surface area contributed by atoms with Crippen molar-refractivity contribution >= 4 is 44.7 Å². The van der Waals surface area contributed by atoms with Gasteiger partial charge in [-0.2, -0.15) is 26.3 Å². The molecule has 1 saturated carbocycles. The van der Waals surface area contributed by atoms with Crippen molar-refractivity contribution < 1.29 is 26.3 Å². The summed E-state index contributed by atoms with van der Waals surface area (Å²) < 4.78 is 92.4. The first-order valence-electron chi connectivity index (χ1n) is 16.1. The van der Waals surface area contributed by atoms with E-state index in [0.29, 0.717) is 21.0 Å². The van der Waals surface area contributed by atoms with Gasteiger partial charge in [0, 0.05) is 58.5 Å². The minimum atomic E-state index is -5.59. The highest BCUT2D eigenvalue weighted by Gasteiger charge is 2.84. The zero-order valence-electron chi connectivity index (χ0n) is 27.9. The summed E-state index contributed by atoms with van der Waals surface area (Å²) in [4.78, 5) is 5.61. The van der Waals surface area contributed by atoms with Crippen molar-refractivity contribution in [3.63, 3.8) is 0 Å². The van der Waals surface area contributed by atoms with Crippen LogP contribution in [0.3, 0.4) is 0 Å². The maximum absolute atomic E-state index is 16.0. The molecule has 252 valence electrons. The fraction of sp³-hybridized carbons (Fsp3) is 0.459. The molecule has 0 aromatic heterocycles. The first kappa shape index (κ1) is 34.2. The molecule has 10 heteroatoms. The zero-order chi connectivity index (χ0) is 34.5. The molecular formula is C37H40F6N2S2. The molecule has 47 heavy (non-hydrogen) atoms. The molecule has 6 rings (SSSR count). The van der Waals surface area contributed by atoms with E-state index in [-0.39, 0.29) is 11.1 Å². The Hall–Kier alpha value is -2.72. The fourth-order valence-electron chi connectivity index (χ4n) is 7.89. The predicted octanol–water partition coefficient (Wildman–Crippen LogP) is 11.1. The Labute approximate surface area is 282 Å². The fourth-order valence-corrected chi connectivity index (χ4v) is 11.3. The molecule has 0 saturated heterocycles. The quantitative estimate of drug-likeness (QED) is 0.254. The van der Waals surface area contributed by atoms with Crippen LogP contribution in [0.5, 0.6) is 0 Å². The zero-order valence-corrected chi connectivity index (χ0v) is 29.6. The van der Waals surface area contributed by atoms with Crippen molar-refractivity contribution in [3.05, 3.63) is 93.1 Å². The second-order valence-corrected chi connectivity index (χ2v) is 15.7. The molecule has 2 unspecified atom stereocenters. The molecule has 2 aliphatic heterocycles. The summed E-state index contributed by atoms with van der Waals surface area (Å²) in [5.41, 5.74) is 1.51. The lowest BCUT2D eigenvalue weighted by Gasteiger charge is -2.48. The van der Waals surface area contributed by atoms with E-state index >= 15 is 26.3 Å². The summed E-state index contributed by atoms with van der Waals surface area (Å²) >= 11 is 2.63. The molecule has 0 radical (unpaired) electrons. The van der Waals surface area contributed by atoms with Gasteiger partial charge in [0.15, 0.2) is 0 Å². The van der Waals surface area contributed by atoms with Crippen molar-refractivity contribution in [1.82, 2.24) is 0 Å². The maximum atomic E-state index is 16.0. The van der Waals surface area contributed by atoms with Gasteiger partial charge in [-0.1, -0.05) is 24.3 Å². The van der Waals surface area contributed by atoms with E-state index in [1.54, 1.807) is 27.7 Å². The average molecular weight is 691 g/mol. The molecule has 0 bridgehead atoms. The van der Waals surface area contributed by atoms with E-state index in [9.17, 15) is 0 Å². The summed E-state index contributed by atoms with van der Waals surface area (Å²) in [6, 6.07) is 15.4. The Bertz CT molecular complexity index is 1620. The molecule has 2 atom stereocenters. The third kappa shape index (κ3) is 4.35. The van der Waals surface area contributed by atoms with E-state index in [1.165, 1.54) is 23.5 Å². The lowest BCUT2D eigenvalue weighted by atomic mass is 9.68. The Balaban J connectivity index is 1.58. The van der Waals surface area contributed by atoms with E-state index < -0.39 is 38.4 Å². The number of nitrogens with zero attached hydrogens (tertiary/aromatic N) is 2. The largest absolute Gasteiger partial charge is 0.380 e. The van der Waals surface area contributed by atoms with Crippen molar-refractivity contribution in [2.45, 2.75) is 82.7 Å². The van der Waals surface area contributed by atoms with E-state index in [1.807, 2.05) is 48.5 Å². The molecule has 2 nitrogen and oxygen atoms in total. The third-order valence-corrected chi connectivity index (χ3v) is 14.3. The first-order chi connectivity index (χ1) is 22.0. The summed E-state index contributed by atoms with van der Waals surface area (Å²) in [7, 11) is 0. The number of hydrogen-bond donors (Lipinski definition) is 0. The van der Waals surface area contributed by atoms with Crippen molar-refractivity contribution in [2.75, 3.05) is 36.0 Å². The third-order valence-electron chi connectivity index (χ3n) is 10.6. The molecule has 0 amide bonds. The van der Waals surface area contributed by atoms with Gasteiger partial charge >= 0.3 is 17.8 Å². The molecule has 2 aliphatic carbocycles. The van der Waals surface area contributed by atoms with Crippen LogP contribution in [-0.2, 0) is 0 Å². The first-order valence-corrected chi connectivity index (χ1v) is 17.8. The Morgan fingerprint density at radius 2 is 0.809 bits per heavy atom. The van der Waals surface area contributed by atoms with E-state index in [4.69, 9.17) is 0 Å². The number of alkyl halides is 6. The molecule has 2 aromatic rings. The van der Waals surface area contributed by atoms with Gasteiger partial charge in [-0.15, -0.1) is 23.5 Å². The predicted molar refractivity (Wildman–Crippen MR) is 186 cm³/mol. The monoisotopic (exact) mass is 690 g/mol. The van der Waals surface area contributed by atoms with Crippen LogP contribution in [0.2, 0.25) is 0 Å². The van der Waals surface area contributed by atoms with Crippen molar-refractivity contribution in [2.24, 2.45) is 0 Å². The number of anilines is 2. The Kier molecular flexibility index (Phi) is 8.11. The minimum absolute atomic E-state index is 0.105. The molecule has 2 heterocycles. The van der Waals surface area contributed by atoms with Gasteiger partial charge in [0.05, 0.1) is 9.49 Å². The lowest BCUT2D eigenvalue weighted by molar-refractivity contribution is -0.258. The molecule has 0 spiro atoms. The van der Waals surface area contributed by atoms with Gasteiger partial charge in [0.2, 0.25) is 0 Å². The smallest absolute Gasteiger partial charge is 0.372 e. The number of allylic oxidation sites excluding steroid dienone is 4. The molecule has 2 aromatic carbocycles. The summed E-state index contributed by atoms with van der Waals surface area (Å²) in [5.74, 6) is -15.7. The summed E-state index contributed by atoms with van der Waals surface area (Å²) in [5, 5.41) is 0. The number of rotatable bonds is 8. The van der Waals surface area contributed by atoms with Gasteiger partial charge in [0.25, 0.3) is 0 Å². The Morgan fingerprint density at radius 3 is 1.09 bits per heavy atom. The van der Waals surface area contributed by atoms with Crippen LogP contribution in [0.15, 0.2) is 82.0 Å². The van der Waals surface area contributed by atoms with E-state index in [2.05, 4.69) is 37.5 Å². The molecule has 0 N–H and O–H groups in total. The van der Waals surface area contributed by atoms with Crippen LogP contribution in [0.4, 0.5) is 37.7 Å². The summed E-state index contributed by atoms with van der Waals surface area (Å²) in [6.45, 7) is 18.2. The van der Waals surface area contributed by atoms with Crippen LogP contribution >= 0.6 is 23.5 Å². The normalized spacial score (nSPS) is 27.0. The Morgan fingerprint density at radius 1 is 0.511 bits per heavy atom.